The Balaban J connectivity index is 1.96. The fourth-order valence-corrected chi connectivity index (χ4v) is 5.04. The Morgan fingerprint density at radius 3 is 2.66 bits per heavy atom. The van der Waals surface area contributed by atoms with Crippen LogP contribution in [0.25, 0.3) is 16.7 Å². The van der Waals surface area contributed by atoms with E-state index in [1.54, 1.807) is 9.80 Å². The quantitative estimate of drug-likeness (QED) is 0.285. The number of carbonyl (C=O) groups is 1. The number of hydrogen-bond donors (Lipinski definition) is 0. The number of fused-ring (bicyclic) bond motifs is 1. The van der Waals surface area contributed by atoms with Crippen molar-refractivity contribution in [3.8, 4) is 5.69 Å². The molecule has 0 spiro atoms. The molecule has 1 atom stereocenters. The van der Waals surface area contributed by atoms with Crippen LogP contribution in [0.1, 0.15) is 6.92 Å². The minimum absolute atomic E-state index is 0.0759. The molecule has 13 heteroatoms. The molecule has 0 N–H and O–H groups in total. The van der Waals surface area contributed by atoms with Crippen molar-refractivity contribution < 1.29 is 21.8 Å². The molecule has 0 saturated carbocycles. The van der Waals surface area contributed by atoms with E-state index < -0.39 is 26.8 Å². The van der Waals surface area contributed by atoms with Gasteiger partial charge >= 0.3 is 5.69 Å². The number of carbonyl (C=O) groups excluding carboxylic acids is 1. The van der Waals surface area contributed by atoms with E-state index in [2.05, 4.69) is 20.7 Å². The van der Waals surface area contributed by atoms with Crippen LogP contribution in [0.4, 0.5) is 10.2 Å². The molecule has 1 aliphatic rings. The second kappa shape index (κ2) is 9.36. The summed E-state index contributed by atoms with van der Waals surface area (Å²) in [7, 11) is -3.22. The van der Waals surface area contributed by atoms with Crippen LogP contribution >= 0.6 is 11.6 Å². The van der Waals surface area contributed by atoms with Gasteiger partial charge in [-0.3, -0.25) is 8.98 Å². The number of amides is 1. The lowest BCUT2D eigenvalue weighted by Crippen LogP contribution is -2.54. The van der Waals surface area contributed by atoms with Gasteiger partial charge in [0.05, 0.1) is 18.2 Å². The van der Waals surface area contributed by atoms with Crippen LogP contribution in [0.3, 0.4) is 0 Å². The Morgan fingerprint density at radius 1 is 1.29 bits per heavy atom. The number of anilines is 1. The first-order valence-corrected chi connectivity index (χ1v) is 12.2. The molecule has 1 amide bonds. The van der Waals surface area contributed by atoms with E-state index >= 15 is 0 Å². The number of aromatic nitrogens is 3. The van der Waals surface area contributed by atoms with Gasteiger partial charge in [0.1, 0.15) is 10.7 Å². The number of pyridine rings is 1. The van der Waals surface area contributed by atoms with Crippen molar-refractivity contribution in [2.24, 2.45) is 0 Å². The van der Waals surface area contributed by atoms with E-state index in [0.717, 1.165) is 17.7 Å². The summed E-state index contributed by atoms with van der Waals surface area (Å²) in [5.74, 6) is -0.909. The number of hydrogen-bond acceptors (Lipinski definition) is 8. The first kappa shape index (κ1) is 24.8. The fourth-order valence-electron chi connectivity index (χ4n) is 4.06. The Bertz CT molecular complexity index is 1510. The smallest absolute Gasteiger partial charge is 0.350 e. The van der Waals surface area contributed by atoms with E-state index in [0.29, 0.717) is 19.6 Å². The normalized spacial score (nSPS) is 16.5. The van der Waals surface area contributed by atoms with Crippen molar-refractivity contribution in [2.45, 2.75) is 17.9 Å². The molecule has 1 aromatic carbocycles. The molecule has 0 unspecified atom stereocenters. The first-order valence-electron chi connectivity index (χ1n) is 10.5. The molecule has 1 saturated heterocycles. The van der Waals surface area contributed by atoms with Crippen LogP contribution < -0.4 is 10.6 Å². The molecule has 0 radical (unpaired) electrons. The summed E-state index contributed by atoms with van der Waals surface area (Å²) in [5, 5.41) is -0.351. The van der Waals surface area contributed by atoms with E-state index in [4.69, 9.17) is 11.6 Å². The number of halogens is 2. The molecule has 35 heavy (non-hydrogen) atoms. The van der Waals surface area contributed by atoms with Gasteiger partial charge in [0.15, 0.2) is 16.6 Å². The molecule has 184 valence electrons. The third-order valence-electron chi connectivity index (χ3n) is 5.74. The lowest BCUT2D eigenvalue weighted by Gasteiger charge is -2.40. The van der Waals surface area contributed by atoms with Crippen LogP contribution in [0.2, 0.25) is 5.15 Å². The molecule has 1 aliphatic heterocycles. The van der Waals surface area contributed by atoms with Gasteiger partial charge in [-0.2, -0.15) is 13.4 Å². The third kappa shape index (κ3) is 4.40. The maximum absolute atomic E-state index is 14.6. The summed E-state index contributed by atoms with van der Waals surface area (Å²) in [4.78, 5) is 36.7. The summed E-state index contributed by atoms with van der Waals surface area (Å²) < 4.78 is 45.2. The highest BCUT2D eigenvalue weighted by Gasteiger charge is 2.30. The van der Waals surface area contributed by atoms with Gasteiger partial charge in [-0.25, -0.2) is 18.7 Å². The minimum Gasteiger partial charge on any atom is -0.350 e. The van der Waals surface area contributed by atoms with E-state index in [1.807, 2.05) is 6.92 Å². The van der Waals surface area contributed by atoms with Crippen molar-refractivity contribution in [3.63, 3.8) is 0 Å². The highest BCUT2D eigenvalue weighted by Crippen LogP contribution is 2.31. The van der Waals surface area contributed by atoms with Crippen LogP contribution in [-0.4, -0.2) is 66.5 Å². The predicted octanol–water partition coefficient (Wildman–Crippen LogP) is 2.13. The number of para-hydroxylation sites is 1. The Hall–Kier alpha value is -3.35. The second-order valence-electron chi connectivity index (χ2n) is 7.80. The Labute approximate surface area is 205 Å². The molecule has 4 rings (SSSR count). The fraction of sp³-hybridized carbons (Fsp3) is 0.273. The van der Waals surface area contributed by atoms with Crippen LogP contribution in [-0.2, 0) is 19.1 Å². The molecule has 3 heterocycles. The lowest BCUT2D eigenvalue weighted by atomic mass is 10.1. The largest absolute Gasteiger partial charge is 0.355 e. The molecule has 2 aromatic heterocycles. The zero-order valence-corrected chi connectivity index (χ0v) is 20.4. The van der Waals surface area contributed by atoms with Crippen molar-refractivity contribution in [1.82, 2.24) is 19.4 Å². The number of rotatable bonds is 5. The lowest BCUT2D eigenvalue weighted by molar-refractivity contribution is -0.126. The van der Waals surface area contributed by atoms with E-state index in [9.17, 15) is 22.4 Å². The maximum atomic E-state index is 14.6. The maximum Gasteiger partial charge on any atom is 0.355 e. The van der Waals surface area contributed by atoms with Crippen LogP contribution in [0.5, 0.6) is 0 Å². The monoisotopic (exact) mass is 521 g/mol. The first-order chi connectivity index (χ1) is 16.6. The van der Waals surface area contributed by atoms with E-state index in [-0.39, 0.29) is 39.4 Å². The number of piperazine rings is 1. The predicted molar refractivity (Wildman–Crippen MR) is 128 cm³/mol. The SMILES string of the molecule is C=CC(=O)N1CCN(c2nc(=O)n(-c3ccccc3S(=O)(=O)OC)c3nc(Cl)c(F)cc23)[C@@H](C)C1. The zero-order chi connectivity index (χ0) is 25.5. The van der Waals surface area contributed by atoms with E-state index in [1.165, 1.54) is 30.3 Å². The molecular weight excluding hydrogens is 501 g/mol. The van der Waals surface area contributed by atoms with Gasteiger partial charge in [0.25, 0.3) is 10.1 Å². The highest BCUT2D eigenvalue weighted by atomic mass is 35.5. The standard InChI is InChI=1S/C22H21ClFN5O5S/c1-4-18(30)27-9-10-28(13(2)12-27)20-14-11-15(24)19(23)25-21(14)29(22(31)26-20)16-7-5-6-8-17(16)35(32,33)34-3/h4-8,11,13H,1,9-10,12H2,2-3H3/t13-/m0/s1. The summed E-state index contributed by atoms with van der Waals surface area (Å²) in [5.41, 5.74) is -1.01. The number of benzene rings is 1. The Kier molecular flexibility index (Phi) is 6.62. The Morgan fingerprint density at radius 2 is 2.00 bits per heavy atom. The second-order valence-corrected chi connectivity index (χ2v) is 9.84. The van der Waals surface area contributed by atoms with Gasteiger partial charge in [-0.15, -0.1) is 0 Å². The van der Waals surface area contributed by atoms with Gasteiger partial charge in [-0.1, -0.05) is 30.3 Å². The molecule has 3 aromatic rings. The van der Waals surface area contributed by atoms with Crippen molar-refractivity contribution in [1.29, 1.82) is 0 Å². The molecule has 0 bridgehead atoms. The highest BCUT2D eigenvalue weighted by molar-refractivity contribution is 7.86. The van der Waals surface area contributed by atoms with Crippen molar-refractivity contribution >= 4 is 44.5 Å². The third-order valence-corrected chi connectivity index (χ3v) is 7.33. The summed E-state index contributed by atoms with van der Waals surface area (Å²) >= 11 is 5.96. The summed E-state index contributed by atoms with van der Waals surface area (Å²) in [6.07, 6.45) is 1.23. The average molecular weight is 522 g/mol. The average Bonchev–Trinajstić information content (AvgIpc) is 2.84. The molecule has 0 aliphatic carbocycles. The van der Waals surface area contributed by atoms with Gasteiger partial charge < -0.3 is 9.80 Å². The zero-order valence-electron chi connectivity index (χ0n) is 18.8. The van der Waals surface area contributed by atoms with Gasteiger partial charge in [-0.05, 0) is 31.2 Å². The van der Waals surface area contributed by atoms with Crippen molar-refractivity contribution in [3.05, 3.63) is 64.4 Å². The van der Waals surface area contributed by atoms with Crippen LogP contribution in [0, 0.1) is 5.82 Å². The van der Waals surface area contributed by atoms with Crippen LogP contribution in [0.15, 0.2) is 52.7 Å². The summed E-state index contributed by atoms with van der Waals surface area (Å²) in [6, 6.07) is 6.47. The molecule has 10 nitrogen and oxygen atoms in total. The molecular formula is C22H21ClFN5O5S. The minimum atomic E-state index is -4.22. The van der Waals surface area contributed by atoms with Gasteiger partial charge in [0, 0.05) is 25.7 Å². The topological polar surface area (TPSA) is 115 Å². The number of nitrogens with zero attached hydrogens (tertiary/aromatic N) is 5. The molecule has 1 fully saturated rings. The van der Waals surface area contributed by atoms with Crippen molar-refractivity contribution in [2.75, 3.05) is 31.6 Å². The van der Waals surface area contributed by atoms with Gasteiger partial charge in [0.2, 0.25) is 5.91 Å². The summed E-state index contributed by atoms with van der Waals surface area (Å²) in [6.45, 7) is 6.31.